The molecule has 0 aromatic heterocycles. The smallest absolute Gasteiger partial charge is 0.200 e. The van der Waals surface area contributed by atoms with Crippen LogP contribution in [0, 0.1) is 12.3 Å². The first-order valence-corrected chi connectivity index (χ1v) is 8.34. The summed E-state index contributed by atoms with van der Waals surface area (Å²) in [6, 6.07) is 6.47. The minimum Gasteiger partial charge on any atom is -0.200 e. The molecule has 0 amide bonds. The van der Waals surface area contributed by atoms with Crippen LogP contribution in [0.2, 0.25) is 0 Å². The van der Waals surface area contributed by atoms with Gasteiger partial charge in [0.05, 0.1) is 10.6 Å². The first-order chi connectivity index (χ1) is 9.04. The maximum absolute atomic E-state index is 12.1. The lowest BCUT2D eigenvalue weighted by molar-refractivity contribution is 0.570. The van der Waals surface area contributed by atoms with E-state index in [1.165, 1.54) is 12.1 Å². The molecule has 0 bridgehead atoms. The van der Waals surface area contributed by atoms with E-state index in [0.29, 0.717) is 5.71 Å². The van der Waals surface area contributed by atoms with Gasteiger partial charge in [-0.2, -0.15) is 13.5 Å². The summed E-state index contributed by atoms with van der Waals surface area (Å²) in [6.45, 7) is 7.43. The fourth-order valence-electron chi connectivity index (χ4n) is 1.42. The molecule has 20 heavy (non-hydrogen) atoms. The van der Waals surface area contributed by atoms with Crippen LogP contribution in [0.4, 0.5) is 0 Å². The summed E-state index contributed by atoms with van der Waals surface area (Å²) in [7, 11) is -3.72. The summed E-state index contributed by atoms with van der Waals surface area (Å²) in [5, 5.41) is 3.88. The third-order valence-corrected chi connectivity index (χ3v) is 4.23. The normalized spacial score (nSPS) is 13.7. The fraction of sp³-hybridized carbons (Fsp3) is 0.462. The van der Waals surface area contributed by atoms with E-state index in [2.05, 4.69) is 9.93 Å². The third kappa shape index (κ3) is 4.65. The van der Waals surface area contributed by atoms with E-state index in [4.69, 9.17) is 23.2 Å². The molecule has 0 spiro atoms. The van der Waals surface area contributed by atoms with E-state index in [9.17, 15) is 8.42 Å². The second kappa shape index (κ2) is 6.33. The Balaban J connectivity index is 3.05. The molecule has 7 heteroatoms. The molecule has 0 saturated heterocycles. The van der Waals surface area contributed by atoms with Crippen molar-refractivity contribution in [2.24, 2.45) is 10.5 Å². The fourth-order valence-corrected chi connectivity index (χ4v) is 2.99. The van der Waals surface area contributed by atoms with Crippen LogP contribution in [0.1, 0.15) is 26.3 Å². The molecule has 0 heterocycles. The summed E-state index contributed by atoms with van der Waals surface area (Å²) >= 11 is 11.6. The highest BCUT2D eigenvalue weighted by Crippen LogP contribution is 2.23. The van der Waals surface area contributed by atoms with Crippen LogP contribution in [0.15, 0.2) is 34.3 Å². The molecule has 112 valence electrons. The number of hydrazone groups is 1. The average molecular weight is 337 g/mol. The van der Waals surface area contributed by atoms with Gasteiger partial charge >= 0.3 is 0 Å². The maximum atomic E-state index is 12.1. The maximum Gasteiger partial charge on any atom is 0.276 e. The van der Waals surface area contributed by atoms with Gasteiger partial charge in [-0.25, -0.2) is 4.83 Å². The summed E-state index contributed by atoms with van der Waals surface area (Å²) in [6.07, 6.45) is 0. The molecule has 1 rings (SSSR count). The molecule has 0 radical (unpaired) electrons. The Kier molecular flexibility index (Phi) is 5.46. The molecule has 0 aliphatic heterocycles. The number of nitrogens with zero attached hydrogens (tertiary/aromatic N) is 1. The molecule has 0 fully saturated rings. The highest BCUT2D eigenvalue weighted by atomic mass is 35.5. The number of rotatable bonds is 4. The van der Waals surface area contributed by atoms with Crippen molar-refractivity contribution in [1.82, 2.24) is 4.83 Å². The first-order valence-electron chi connectivity index (χ1n) is 5.99. The number of halogens is 2. The quantitative estimate of drug-likeness (QED) is 0.519. The molecular weight excluding hydrogens is 319 g/mol. The van der Waals surface area contributed by atoms with E-state index in [-0.39, 0.29) is 4.90 Å². The van der Waals surface area contributed by atoms with Crippen molar-refractivity contribution >= 4 is 38.9 Å². The zero-order chi connectivity index (χ0) is 15.6. The monoisotopic (exact) mass is 336 g/mol. The molecule has 1 aromatic carbocycles. The highest BCUT2D eigenvalue weighted by molar-refractivity contribution is 7.89. The van der Waals surface area contributed by atoms with Crippen molar-refractivity contribution in [2.75, 3.05) is 0 Å². The number of aryl methyl sites for hydroxylation is 1. The van der Waals surface area contributed by atoms with Gasteiger partial charge in [-0.15, -0.1) is 0 Å². The molecule has 0 aliphatic carbocycles. The van der Waals surface area contributed by atoms with E-state index in [0.717, 1.165) is 5.56 Å². The van der Waals surface area contributed by atoms with Gasteiger partial charge in [-0.1, -0.05) is 61.7 Å². The molecule has 0 saturated carbocycles. The van der Waals surface area contributed by atoms with Gasteiger partial charge in [0.25, 0.3) is 10.0 Å². The van der Waals surface area contributed by atoms with Crippen LogP contribution < -0.4 is 4.83 Å². The zero-order valence-corrected chi connectivity index (χ0v) is 14.1. The largest absolute Gasteiger partial charge is 0.276 e. The Morgan fingerprint density at radius 3 is 2.10 bits per heavy atom. The van der Waals surface area contributed by atoms with Gasteiger partial charge in [0.15, 0.2) is 0 Å². The Hall–Kier alpha value is -0.780. The Morgan fingerprint density at radius 1 is 1.20 bits per heavy atom. The second-order valence-electron chi connectivity index (χ2n) is 5.46. The molecule has 4 nitrogen and oxygen atoms in total. The van der Waals surface area contributed by atoms with Gasteiger partial charge in [0.1, 0.15) is 4.84 Å². The second-order valence-corrected chi connectivity index (χ2v) is 8.21. The molecule has 0 aliphatic rings. The van der Waals surface area contributed by atoms with Crippen molar-refractivity contribution < 1.29 is 8.42 Å². The number of hydrogen-bond donors (Lipinski definition) is 1. The lowest BCUT2D eigenvalue weighted by Gasteiger charge is -2.22. The average Bonchev–Trinajstić information content (AvgIpc) is 2.27. The first kappa shape index (κ1) is 17.3. The molecule has 1 N–H and O–H groups in total. The lowest BCUT2D eigenvalue weighted by atomic mass is 9.91. The van der Waals surface area contributed by atoms with E-state index >= 15 is 0 Å². The van der Waals surface area contributed by atoms with Crippen molar-refractivity contribution in [3.8, 4) is 0 Å². The SMILES string of the molecule is Cc1ccc(S(=O)(=O)N/N=C(\C(Cl)Cl)C(C)(C)C)cc1. The van der Waals surface area contributed by atoms with Gasteiger partial charge in [0.2, 0.25) is 0 Å². The number of nitrogens with one attached hydrogen (secondary N) is 1. The van der Waals surface area contributed by atoms with E-state index in [1.807, 2.05) is 27.7 Å². The van der Waals surface area contributed by atoms with Crippen LogP contribution in [0.5, 0.6) is 0 Å². The van der Waals surface area contributed by atoms with Crippen LogP contribution in [0.3, 0.4) is 0 Å². The predicted molar refractivity (Wildman–Crippen MR) is 83.9 cm³/mol. The minimum atomic E-state index is -3.72. The van der Waals surface area contributed by atoms with Crippen molar-refractivity contribution in [3.05, 3.63) is 29.8 Å². The topological polar surface area (TPSA) is 58.5 Å². The van der Waals surface area contributed by atoms with Gasteiger partial charge in [-0.05, 0) is 19.1 Å². The summed E-state index contributed by atoms with van der Waals surface area (Å²) in [4.78, 5) is 1.43. The third-order valence-electron chi connectivity index (χ3n) is 2.59. The van der Waals surface area contributed by atoms with Crippen LogP contribution >= 0.6 is 23.2 Å². The molecule has 1 aromatic rings. The van der Waals surface area contributed by atoms with Crippen LogP contribution in [-0.4, -0.2) is 19.0 Å². The lowest BCUT2D eigenvalue weighted by Crippen LogP contribution is -2.30. The highest BCUT2D eigenvalue weighted by Gasteiger charge is 2.26. The van der Waals surface area contributed by atoms with Gasteiger partial charge in [-0.3, -0.25) is 0 Å². The molecular formula is C13H18Cl2N2O2S. The van der Waals surface area contributed by atoms with Crippen LogP contribution in [0.25, 0.3) is 0 Å². The van der Waals surface area contributed by atoms with E-state index < -0.39 is 20.3 Å². The van der Waals surface area contributed by atoms with Crippen molar-refractivity contribution in [2.45, 2.75) is 37.4 Å². The number of benzene rings is 1. The standard InChI is InChI=1S/C13H18Cl2N2O2S/c1-9-5-7-10(8-6-9)20(18,19)17-16-11(12(14)15)13(2,3)4/h5-8,12,17H,1-4H3/b16-11+. The van der Waals surface area contributed by atoms with Crippen molar-refractivity contribution in [3.63, 3.8) is 0 Å². The van der Waals surface area contributed by atoms with Gasteiger partial charge in [0, 0.05) is 5.41 Å². The molecule has 0 atom stereocenters. The number of sulfonamides is 1. The van der Waals surface area contributed by atoms with Crippen molar-refractivity contribution in [1.29, 1.82) is 0 Å². The zero-order valence-electron chi connectivity index (χ0n) is 11.8. The Labute approximate surface area is 130 Å². The molecule has 0 unspecified atom stereocenters. The number of hydrogen-bond acceptors (Lipinski definition) is 3. The van der Waals surface area contributed by atoms with E-state index in [1.54, 1.807) is 12.1 Å². The van der Waals surface area contributed by atoms with Crippen LogP contribution in [-0.2, 0) is 10.0 Å². The minimum absolute atomic E-state index is 0.140. The Morgan fingerprint density at radius 2 is 1.70 bits per heavy atom. The number of alkyl halides is 2. The summed E-state index contributed by atoms with van der Waals surface area (Å²) in [5.41, 5.74) is 0.894. The Bertz CT molecular complexity index is 588. The van der Waals surface area contributed by atoms with Gasteiger partial charge < -0.3 is 0 Å². The summed E-state index contributed by atoms with van der Waals surface area (Å²) in [5.74, 6) is 0. The predicted octanol–water partition coefficient (Wildman–Crippen LogP) is 3.48. The summed E-state index contributed by atoms with van der Waals surface area (Å²) < 4.78 is 24.2.